The fourth-order valence-corrected chi connectivity index (χ4v) is 3.45. The molecule has 2 aromatic carbocycles. The van der Waals surface area contributed by atoms with E-state index in [-0.39, 0.29) is 11.8 Å². The third-order valence-electron chi connectivity index (χ3n) is 4.59. The standard InChI is InChI=1S/C20H18ClN3O2/c21-17-10-4-8-15(12-17)20(25)24-11-5-9-16(13-24)19-23-22-18(26-19)14-6-2-1-3-7-14/h1-4,6-8,10,12,16H,5,9,11,13H2. The van der Waals surface area contributed by atoms with Crippen molar-refractivity contribution in [2.45, 2.75) is 18.8 Å². The molecule has 2 heterocycles. The molecule has 3 aromatic rings. The number of carbonyl (C=O) groups excluding carboxylic acids is 1. The molecule has 1 fully saturated rings. The normalized spacial score (nSPS) is 17.3. The Bertz CT molecular complexity index is 910. The van der Waals surface area contributed by atoms with Crippen LogP contribution in [0.15, 0.2) is 59.0 Å². The van der Waals surface area contributed by atoms with Crippen LogP contribution < -0.4 is 0 Å². The Morgan fingerprint density at radius 1 is 1.12 bits per heavy atom. The van der Waals surface area contributed by atoms with Crippen LogP contribution in [-0.2, 0) is 0 Å². The van der Waals surface area contributed by atoms with Crippen molar-refractivity contribution in [3.8, 4) is 11.5 Å². The monoisotopic (exact) mass is 367 g/mol. The van der Waals surface area contributed by atoms with E-state index in [0.29, 0.717) is 28.9 Å². The quantitative estimate of drug-likeness (QED) is 0.688. The van der Waals surface area contributed by atoms with Gasteiger partial charge in [-0.25, -0.2) is 0 Å². The minimum atomic E-state index is -0.0139. The molecule has 132 valence electrons. The number of nitrogens with zero attached hydrogens (tertiary/aromatic N) is 3. The van der Waals surface area contributed by atoms with Crippen molar-refractivity contribution in [3.63, 3.8) is 0 Å². The number of amides is 1. The minimum Gasteiger partial charge on any atom is -0.420 e. The van der Waals surface area contributed by atoms with Gasteiger partial charge in [-0.3, -0.25) is 4.79 Å². The lowest BCUT2D eigenvalue weighted by Crippen LogP contribution is -2.39. The first-order valence-corrected chi connectivity index (χ1v) is 9.02. The first-order valence-electron chi connectivity index (χ1n) is 8.64. The van der Waals surface area contributed by atoms with E-state index in [2.05, 4.69) is 10.2 Å². The van der Waals surface area contributed by atoms with Gasteiger partial charge >= 0.3 is 0 Å². The van der Waals surface area contributed by atoms with Crippen molar-refractivity contribution in [1.29, 1.82) is 0 Å². The molecular formula is C20H18ClN3O2. The number of carbonyl (C=O) groups is 1. The summed E-state index contributed by atoms with van der Waals surface area (Å²) in [5.41, 5.74) is 1.50. The second-order valence-corrected chi connectivity index (χ2v) is 6.85. The SMILES string of the molecule is O=C(c1cccc(Cl)c1)N1CCCC(c2nnc(-c3ccccc3)o2)C1. The van der Waals surface area contributed by atoms with Gasteiger partial charge in [0.2, 0.25) is 11.8 Å². The number of benzene rings is 2. The predicted octanol–water partition coefficient (Wildman–Crippen LogP) is 4.41. The molecule has 26 heavy (non-hydrogen) atoms. The van der Waals surface area contributed by atoms with Gasteiger partial charge in [0.15, 0.2) is 0 Å². The van der Waals surface area contributed by atoms with Crippen molar-refractivity contribution in [2.24, 2.45) is 0 Å². The maximum Gasteiger partial charge on any atom is 0.253 e. The molecule has 1 unspecified atom stereocenters. The average molecular weight is 368 g/mol. The summed E-state index contributed by atoms with van der Waals surface area (Å²) in [6.45, 7) is 1.29. The van der Waals surface area contributed by atoms with Crippen LogP contribution >= 0.6 is 11.6 Å². The number of aromatic nitrogens is 2. The second kappa shape index (κ2) is 7.30. The lowest BCUT2D eigenvalue weighted by Gasteiger charge is -2.31. The fraction of sp³-hybridized carbons (Fsp3) is 0.250. The van der Waals surface area contributed by atoms with Gasteiger partial charge in [-0.2, -0.15) is 0 Å². The number of piperidine rings is 1. The summed E-state index contributed by atoms with van der Waals surface area (Å²) < 4.78 is 5.88. The summed E-state index contributed by atoms with van der Waals surface area (Å²) in [5, 5.41) is 8.95. The molecule has 0 aliphatic carbocycles. The van der Waals surface area contributed by atoms with E-state index in [1.165, 1.54) is 0 Å². The molecule has 1 aliphatic rings. The third kappa shape index (κ3) is 3.48. The van der Waals surface area contributed by atoms with E-state index in [0.717, 1.165) is 24.9 Å². The molecule has 0 bridgehead atoms. The van der Waals surface area contributed by atoms with Gasteiger partial charge < -0.3 is 9.32 Å². The molecule has 0 saturated carbocycles. The third-order valence-corrected chi connectivity index (χ3v) is 4.83. The van der Waals surface area contributed by atoms with E-state index in [1.54, 1.807) is 24.3 Å². The van der Waals surface area contributed by atoms with Crippen molar-refractivity contribution >= 4 is 17.5 Å². The highest BCUT2D eigenvalue weighted by Gasteiger charge is 2.29. The van der Waals surface area contributed by atoms with E-state index in [9.17, 15) is 4.79 Å². The summed E-state index contributed by atoms with van der Waals surface area (Å²) in [7, 11) is 0. The van der Waals surface area contributed by atoms with E-state index < -0.39 is 0 Å². The Hall–Kier alpha value is -2.66. The lowest BCUT2D eigenvalue weighted by molar-refractivity contribution is 0.0698. The summed E-state index contributed by atoms with van der Waals surface area (Å²) >= 11 is 6.01. The Morgan fingerprint density at radius 2 is 1.96 bits per heavy atom. The van der Waals surface area contributed by atoms with Gasteiger partial charge in [-0.05, 0) is 43.2 Å². The molecular weight excluding hydrogens is 350 g/mol. The van der Waals surface area contributed by atoms with Crippen LogP contribution in [0.4, 0.5) is 0 Å². The van der Waals surface area contributed by atoms with Gasteiger partial charge in [-0.15, -0.1) is 10.2 Å². The number of hydrogen-bond acceptors (Lipinski definition) is 4. The highest BCUT2D eigenvalue weighted by Crippen LogP contribution is 2.29. The number of likely N-dealkylation sites (tertiary alicyclic amines) is 1. The van der Waals surface area contributed by atoms with Crippen molar-refractivity contribution in [2.75, 3.05) is 13.1 Å². The maximum atomic E-state index is 12.8. The molecule has 0 N–H and O–H groups in total. The smallest absolute Gasteiger partial charge is 0.253 e. The van der Waals surface area contributed by atoms with Crippen LogP contribution in [0.5, 0.6) is 0 Å². The Balaban J connectivity index is 1.50. The number of hydrogen-bond donors (Lipinski definition) is 0. The summed E-state index contributed by atoms with van der Waals surface area (Å²) in [5.74, 6) is 1.14. The van der Waals surface area contributed by atoms with Crippen LogP contribution in [0.25, 0.3) is 11.5 Å². The molecule has 0 spiro atoms. The summed E-state index contributed by atoms with van der Waals surface area (Å²) in [6.07, 6.45) is 1.83. The van der Waals surface area contributed by atoms with Crippen LogP contribution in [0.3, 0.4) is 0 Å². The molecule has 1 atom stereocenters. The van der Waals surface area contributed by atoms with Gasteiger partial charge in [0.05, 0.1) is 5.92 Å². The fourth-order valence-electron chi connectivity index (χ4n) is 3.26. The molecule has 1 aromatic heterocycles. The molecule has 1 saturated heterocycles. The van der Waals surface area contributed by atoms with Crippen molar-refractivity contribution < 1.29 is 9.21 Å². The summed E-state index contributed by atoms with van der Waals surface area (Å²) in [6, 6.07) is 16.7. The van der Waals surface area contributed by atoms with Gasteiger partial charge in [0, 0.05) is 29.2 Å². The Morgan fingerprint density at radius 3 is 2.77 bits per heavy atom. The topological polar surface area (TPSA) is 59.2 Å². The highest BCUT2D eigenvalue weighted by atomic mass is 35.5. The highest BCUT2D eigenvalue weighted by molar-refractivity contribution is 6.30. The minimum absolute atomic E-state index is 0.0139. The average Bonchev–Trinajstić information content (AvgIpc) is 3.18. The zero-order valence-electron chi connectivity index (χ0n) is 14.1. The van der Waals surface area contributed by atoms with E-state index in [4.69, 9.17) is 16.0 Å². The molecule has 0 radical (unpaired) electrons. The summed E-state index contributed by atoms with van der Waals surface area (Å²) in [4.78, 5) is 14.6. The van der Waals surface area contributed by atoms with E-state index in [1.807, 2.05) is 35.2 Å². The first-order chi connectivity index (χ1) is 12.7. The molecule has 4 rings (SSSR count). The van der Waals surface area contributed by atoms with E-state index >= 15 is 0 Å². The number of halogens is 1. The van der Waals surface area contributed by atoms with Crippen molar-refractivity contribution in [1.82, 2.24) is 15.1 Å². The predicted molar refractivity (Wildman–Crippen MR) is 99.1 cm³/mol. The largest absolute Gasteiger partial charge is 0.420 e. The van der Waals surface area contributed by atoms with Crippen LogP contribution in [-0.4, -0.2) is 34.1 Å². The molecule has 1 amide bonds. The van der Waals surface area contributed by atoms with Crippen molar-refractivity contribution in [3.05, 3.63) is 71.1 Å². The first kappa shape index (κ1) is 16.8. The Kier molecular flexibility index (Phi) is 4.71. The van der Waals surface area contributed by atoms with Crippen LogP contribution in [0, 0.1) is 0 Å². The zero-order valence-corrected chi connectivity index (χ0v) is 14.9. The molecule has 5 nitrogen and oxygen atoms in total. The van der Waals surface area contributed by atoms with Crippen LogP contribution in [0.1, 0.15) is 35.0 Å². The second-order valence-electron chi connectivity index (χ2n) is 6.41. The molecule has 6 heteroatoms. The van der Waals surface area contributed by atoms with Gasteiger partial charge in [0.25, 0.3) is 5.91 Å². The van der Waals surface area contributed by atoms with Gasteiger partial charge in [0.1, 0.15) is 0 Å². The Labute approximate surface area is 156 Å². The molecule has 1 aliphatic heterocycles. The van der Waals surface area contributed by atoms with Gasteiger partial charge in [-0.1, -0.05) is 35.9 Å². The maximum absolute atomic E-state index is 12.8. The number of rotatable bonds is 3. The zero-order chi connectivity index (χ0) is 17.9. The van der Waals surface area contributed by atoms with Crippen LogP contribution in [0.2, 0.25) is 5.02 Å². The lowest BCUT2D eigenvalue weighted by atomic mass is 9.97.